The first-order valence-electron chi connectivity index (χ1n) is 8.93. The van der Waals surface area contributed by atoms with E-state index in [-0.39, 0.29) is 12.1 Å². The molecule has 1 aromatic carbocycles. The van der Waals surface area contributed by atoms with Gasteiger partial charge in [0.2, 0.25) is 0 Å². The fourth-order valence-corrected chi connectivity index (χ4v) is 3.27. The van der Waals surface area contributed by atoms with Crippen molar-refractivity contribution in [2.75, 3.05) is 33.7 Å². The molecule has 0 saturated carbocycles. The van der Waals surface area contributed by atoms with Crippen LogP contribution in [0.1, 0.15) is 23.8 Å². The van der Waals surface area contributed by atoms with Gasteiger partial charge in [-0.3, -0.25) is 4.90 Å². The van der Waals surface area contributed by atoms with Crippen molar-refractivity contribution in [1.29, 1.82) is 0 Å². The summed E-state index contributed by atoms with van der Waals surface area (Å²) < 4.78 is 5.56. The molecular formula is C19H29N5O. The van der Waals surface area contributed by atoms with Crippen LogP contribution in [0.25, 0.3) is 0 Å². The number of furan rings is 1. The molecule has 0 amide bonds. The van der Waals surface area contributed by atoms with Crippen LogP contribution in [-0.4, -0.2) is 49.6 Å². The van der Waals surface area contributed by atoms with Gasteiger partial charge in [-0.15, -0.1) is 0 Å². The van der Waals surface area contributed by atoms with Gasteiger partial charge in [0.05, 0.1) is 24.9 Å². The van der Waals surface area contributed by atoms with Crippen molar-refractivity contribution in [2.24, 2.45) is 0 Å². The lowest BCUT2D eigenvalue weighted by Crippen LogP contribution is -2.42. The zero-order valence-electron chi connectivity index (χ0n) is 15.1. The standard InChI is InChI=1S/C19H29N5O/c1-23(2)11-7-12-24(14-17-10-6-13-25-17)15-18-19(21-22-20-18)16-8-4-3-5-9-16/h3-6,8-10,13,18-22H,7,11-12,14-15H2,1-2H3. The molecule has 6 heteroatoms. The summed E-state index contributed by atoms with van der Waals surface area (Å²) in [5, 5.41) is 0. The third kappa shape index (κ3) is 5.39. The van der Waals surface area contributed by atoms with Crippen molar-refractivity contribution in [3.05, 3.63) is 60.1 Å². The molecule has 2 aromatic rings. The minimum atomic E-state index is 0.245. The molecule has 0 radical (unpaired) electrons. The molecule has 1 aliphatic heterocycles. The summed E-state index contributed by atoms with van der Waals surface area (Å²) in [6.07, 6.45) is 2.88. The van der Waals surface area contributed by atoms with E-state index in [1.165, 1.54) is 5.56 Å². The maximum Gasteiger partial charge on any atom is 0.117 e. The largest absolute Gasteiger partial charge is 0.468 e. The molecule has 0 aliphatic carbocycles. The third-order valence-electron chi connectivity index (χ3n) is 4.54. The van der Waals surface area contributed by atoms with E-state index >= 15 is 0 Å². The van der Waals surface area contributed by atoms with E-state index in [9.17, 15) is 0 Å². The van der Waals surface area contributed by atoms with Crippen molar-refractivity contribution in [1.82, 2.24) is 26.2 Å². The van der Waals surface area contributed by atoms with E-state index in [0.29, 0.717) is 0 Å². The van der Waals surface area contributed by atoms with E-state index in [1.54, 1.807) is 6.26 Å². The zero-order chi connectivity index (χ0) is 17.5. The summed E-state index contributed by atoms with van der Waals surface area (Å²) in [7, 11) is 4.24. The van der Waals surface area contributed by atoms with Crippen LogP contribution in [0.3, 0.4) is 0 Å². The Morgan fingerprint density at radius 3 is 2.56 bits per heavy atom. The van der Waals surface area contributed by atoms with Crippen LogP contribution in [-0.2, 0) is 6.54 Å². The lowest BCUT2D eigenvalue weighted by atomic mass is 10.0. The first kappa shape index (κ1) is 18.1. The van der Waals surface area contributed by atoms with E-state index in [2.05, 4.69) is 70.6 Å². The Labute approximate surface area is 150 Å². The zero-order valence-corrected chi connectivity index (χ0v) is 15.1. The Hall–Kier alpha value is -1.70. The van der Waals surface area contributed by atoms with Crippen LogP contribution in [0.4, 0.5) is 0 Å². The number of rotatable bonds is 9. The van der Waals surface area contributed by atoms with Gasteiger partial charge >= 0.3 is 0 Å². The van der Waals surface area contributed by atoms with Crippen LogP contribution in [0.5, 0.6) is 0 Å². The van der Waals surface area contributed by atoms with Gasteiger partial charge in [-0.2, -0.15) is 5.53 Å². The fraction of sp³-hybridized carbons (Fsp3) is 0.474. The Bertz CT molecular complexity index is 602. The first-order chi connectivity index (χ1) is 12.2. The molecule has 1 fully saturated rings. The molecule has 0 bridgehead atoms. The van der Waals surface area contributed by atoms with E-state index in [1.807, 2.05) is 12.1 Å². The molecule has 6 nitrogen and oxygen atoms in total. The van der Waals surface area contributed by atoms with Gasteiger partial charge in [0.1, 0.15) is 5.76 Å². The molecule has 2 heterocycles. The smallest absolute Gasteiger partial charge is 0.117 e. The first-order valence-corrected chi connectivity index (χ1v) is 8.93. The second-order valence-electron chi connectivity index (χ2n) is 6.88. The van der Waals surface area contributed by atoms with Crippen LogP contribution in [0.15, 0.2) is 53.1 Å². The SMILES string of the molecule is CN(C)CCCN(Cc1ccco1)CC1NNNC1c1ccccc1. The minimum absolute atomic E-state index is 0.245. The molecule has 136 valence electrons. The topological polar surface area (TPSA) is 55.7 Å². The second kappa shape index (κ2) is 9.12. The number of nitrogens with one attached hydrogen (secondary N) is 3. The average Bonchev–Trinajstić information content (AvgIpc) is 3.27. The highest BCUT2D eigenvalue weighted by Crippen LogP contribution is 2.20. The van der Waals surface area contributed by atoms with E-state index < -0.39 is 0 Å². The van der Waals surface area contributed by atoms with Crippen LogP contribution in [0.2, 0.25) is 0 Å². The predicted molar refractivity (Wildman–Crippen MR) is 99.5 cm³/mol. The maximum atomic E-state index is 5.56. The predicted octanol–water partition coefficient (Wildman–Crippen LogP) is 1.76. The van der Waals surface area contributed by atoms with Gasteiger partial charge < -0.3 is 9.32 Å². The van der Waals surface area contributed by atoms with E-state index in [4.69, 9.17) is 4.42 Å². The van der Waals surface area contributed by atoms with Crippen LogP contribution < -0.4 is 16.4 Å². The van der Waals surface area contributed by atoms with Gasteiger partial charge in [0.25, 0.3) is 0 Å². The van der Waals surface area contributed by atoms with Crippen molar-refractivity contribution >= 4 is 0 Å². The Morgan fingerprint density at radius 1 is 1.00 bits per heavy atom. The summed E-state index contributed by atoms with van der Waals surface area (Å²) in [6, 6.07) is 15.1. The maximum absolute atomic E-state index is 5.56. The van der Waals surface area contributed by atoms with Crippen LogP contribution >= 0.6 is 0 Å². The molecule has 2 unspecified atom stereocenters. The summed E-state index contributed by atoms with van der Waals surface area (Å²) >= 11 is 0. The molecular weight excluding hydrogens is 314 g/mol. The second-order valence-corrected chi connectivity index (χ2v) is 6.88. The quantitative estimate of drug-likeness (QED) is 0.645. The molecule has 3 rings (SSSR count). The summed E-state index contributed by atoms with van der Waals surface area (Å²) in [5.41, 5.74) is 11.1. The Morgan fingerprint density at radius 2 is 1.84 bits per heavy atom. The lowest BCUT2D eigenvalue weighted by Gasteiger charge is -2.27. The molecule has 3 N–H and O–H groups in total. The number of hydrogen-bond acceptors (Lipinski definition) is 6. The molecule has 0 spiro atoms. The van der Waals surface area contributed by atoms with Crippen molar-refractivity contribution in [2.45, 2.75) is 25.0 Å². The number of nitrogens with zero attached hydrogens (tertiary/aromatic N) is 2. The Balaban J connectivity index is 1.63. The number of hydrogen-bond donors (Lipinski definition) is 3. The van der Waals surface area contributed by atoms with Crippen molar-refractivity contribution in [3.63, 3.8) is 0 Å². The molecule has 25 heavy (non-hydrogen) atoms. The van der Waals surface area contributed by atoms with Gasteiger partial charge in [0.15, 0.2) is 0 Å². The minimum Gasteiger partial charge on any atom is -0.468 e. The fourth-order valence-electron chi connectivity index (χ4n) is 3.27. The molecule has 2 atom stereocenters. The number of hydrazine groups is 2. The molecule has 1 saturated heterocycles. The van der Waals surface area contributed by atoms with E-state index in [0.717, 1.165) is 38.4 Å². The third-order valence-corrected chi connectivity index (χ3v) is 4.54. The summed E-state index contributed by atoms with van der Waals surface area (Å²) in [6.45, 7) is 3.90. The van der Waals surface area contributed by atoms with Crippen molar-refractivity contribution < 1.29 is 4.42 Å². The normalized spacial score (nSPS) is 20.6. The monoisotopic (exact) mass is 343 g/mol. The van der Waals surface area contributed by atoms with Gasteiger partial charge in [-0.05, 0) is 51.3 Å². The lowest BCUT2D eigenvalue weighted by molar-refractivity contribution is 0.205. The van der Waals surface area contributed by atoms with Gasteiger partial charge in [0, 0.05) is 6.54 Å². The Kier molecular flexibility index (Phi) is 6.61. The summed E-state index contributed by atoms with van der Waals surface area (Å²) in [4.78, 5) is 4.69. The number of benzene rings is 1. The average molecular weight is 343 g/mol. The summed E-state index contributed by atoms with van der Waals surface area (Å²) in [5.74, 6) is 1.01. The van der Waals surface area contributed by atoms with Crippen molar-refractivity contribution in [3.8, 4) is 0 Å². The molecule has 1 aromatic heterocycles. The van der Waals surface area contributed by atoms with Crippen LogP contribution in [0, 0.1) is 0 Å². The van der Waals surface area contributed by atoms with Gasteiger partial charge in [-0.25, -0.2) is 10.9 Å². The highest BCUT2D eigenvalue weighted by atomic mass is 16.3. The highest BCUT2D eigenvalue weighted by molar-refractivity contribution is 5.21. The van der Waals surface area contributed by atoms with Gasteiger partial charge in [-0.1, -0.05) is 30.3 Å². The molecule has 1 aliphatic rings. The highest BCUT2D eigenvalue weighted by Gasteiger charge is 2.29.